The fraction of sp³-hybridized carbons (Fsp3) is 0.156. The zero-order valence-corrected chi connectivity index (χ0v) is 25.5. The van der Waals surface area contributed by atoms with Crippen molar-refractivity contribution >= 4 is 21.5 Å². The van der Waals surface area contributed by atoms with Crippen LogP contribution >= 0.6 is 0 Å². The van der Waals surface area contributed by atoms with Crippen molar-refractivity contribution < 1.29 is 0 Å². The van der Waals surface area contributed by atoms with Gasteiger partial charge in [-0.3, -0.25) is 0 Å². The summed E-state index contributed by atoms with van der Waals surface area (Å²) >= 11 is 0. The van der Waals surface area contributed by atoms with Crippen molar-refractivity contribution in [3.63, 3.8) is 0 Å². The number of rotatable bonds is 4. The fourth-order valence-electron chi connectivity index (χ4n) is 9.55. The molecule has 0 bridgehead atoms. The molecule has 0 saturated heterocycles. The first-order valence-corrected chi connectivity index (χ1v) is 16.5. The minimum atomic E-state index is -0.352. The summed E-state index contributed by atoms with van der Waals surface area (Å²) in [4.78, 5) is 0. The van der Waals surface area contributed by atoms with Crippen LogP contribution in [0.3, 0.4) is 0 Å². The third-order valence-corrected chi connectivity index (χ3v) is 11.2. The highest BCUT2D eigenvalue weighted by atomic mass is 14.6. The molecule has 7 aromatic carbocycles. The average molecular weight is 577 g/mol. The van der Waals surface area contributed by atoms with Crippen LogP contribution in [0.2, 0.25) is 0 Å². The first kappa shape index (κ1) is 26.5. The Labute approximate surface area is 266 Å². The van der Waals surface area contributed by atoms with Crippen LogP contribution in [0, 0.1) is 0 Å². The minimum Gasteiger partial charge on any atom is -0.0622 e. The van der Waals surface area contributed by atoms with E-state index in [-0.39, 0.29) is 10.8 Å². The van der Waals surface area contributed by atoms with Gasteiger partial charge in [0.25, 0.3) is 0 Å². The molecule has 0 radical (unpaired) electrons. The van der Waals surface area contributed by atoms with E-state index in [1.807, 2.05) is 0 Å². The first-order valence-electron chi connectivity index (χ1n) is 16.5. The third kappa shape index (κ3) is 3.72. The van der Waals surface area contributed by atoms with E-state index in [0.29, 0.717) is 5.92 Å². The molecule has 216 valence electrons. The monoisotopic (exact) mass is 576 g/mol. The molecular formula is C45H36. The molecule has 0 amide bonds. The van der Waals surface area contributed by atoms with Crippen LogP contribution in [0.5, 0.6) is 0 Å². The quantitative estimate of drug-likeness (QED) is 0.195. The highest BCUT2D eigenvalue weighted by molar-refractivity contribution is 5.89. The van der Waals surface area contributed by atoms with Crippen molar-refractivity contribution in [2.24, 2.45) is 0 Å². The molecular weight excluding hydrogens is 540 g/mol. The maximum Gasteiger partial charge on any atom is 0.0414 e. The van der Waals surface area contributed by atoms with E-state index in [4.69, 9.17) is 0 Å². The van der Waals surface area contributed by atoms with Gasteiger partial charge in [0.05, 0.1) is 0 Å². The Kier molecular flexibility index (Phi) is 6.07. The predicted molar refractivity (Wildman–Crippen MR) is 188 cm³/mol. The summed E-state index contributed by atoms with van der Waals surface area (Å²) in [6.07, 6.45) is 4.44. The number of benzene rings is 7. The molecule has 7 aromatic rings. The van der Waals surface area contributed by atoms with Gasteiger partial charge in [0.15, 0.2) is 0 Å². The normalized spacial score (nSPS) is 22.3. The largest absolute Gasteiger partial charge is 0.0622 e. The lowest BCUT2D eigenvalue weighted by Gasteiger charge is -2.54. The Morgan fingerprint density at radius 1 is 0.467 bits per heavy atom. The van der Waals surface area contributed by atoms with Crippen LogP contribution in [0.4, 0.5) is 0 Å². The van der Waals surface area contributed by atoms with Gasteiger partial charge >= 0.3 is 0 Å². The Morgan fingerprint density at radius 3 is 2.02 bits per heavy atom. The molecule has 3 atom stereocenters. The Balaban J connectivity index is 1.52. The van der Waals surface area contributed by atoms with Crippen molar-refractivity contribution in [3.05, 3.63) is 203 Å². The SMILES string of the molecule is c1ccc(C2(c3cccc4ccccc34)Cc3ccccc3C2(c2ccc3ccccc3c2)C2CCCc3ccccc32)cc1. The van der Waals surface area contributed by atoms with E-state index in [9.17, 15) is 0 Å². The lowest BCUT2D eigenvalue weighted by atomic mass is 9.47. The Morgan fingerprint density at radius 2 is 1.13 bits per heavy atom. The van der Waals surface area contributed by atoms with Crippen LogP contribution in [0.25, 0.3) is 21.5 Å². The molecule has 0 saturated carbocycles. The maximum absolute atomic E-state index is 2.54. The van der Waals surface area contributed by atoms with E-state index >= 15 is 0 Å². The van der Waals surface area contributed by atoms with Crippen LogP contribution in [0.1, 0.15) is 57.7 Å². The fourth-order valence-corrected chi connectivity index (χ4v) is 9.55. The van der Waals surface area contributed by atoms with Gasteiger partial charge in [0, 0.05) is 10.8 Å². The van der Waals surface area contributed by atoms with Gasteiger partial charge in [-0.1, -0.05) is 164 Å². The van der Waals surface area contributed by atoms with E-state index in [1.54, 1.807) is 0 Å². The van der Waals surface area contributed by atoms with Gasteiger partial charge in [-0.05, 0) is 92.1 Å². The molecule has 3 unspecified atom stereocenters. The molecule has 9 rings (SSSR count). The van der Waals surface area contributed by atoms with Crippen molar-refractivity contribution in [3.8, 4) is 0 Å². The molecule has 0 heterocycles. The zero-order valence-electron chi connectivity index (χ0n) is 25.5. The van der Waals surface area contributed by atoms with Crippen molar-refractivity contribution in [1.82, 2.24) is 0 Å². The molecule has 0 fully saturated rings. The van der Waals surface area contributed by atoms with E-state index in [2.05, 4.69) is 164 Å². The van der Waals surface area contributed by atoms with E-state index < -0.39 is 0 Å². The van der Waals surface area contributed by atoms with Gasteiger partial charge in [-0.2, -0.15) is 0 Å². The summed E-state index contributed by atoms with van der Waals surface area (Å²) in [6.45, 7) is 0. The van der Waals surface area contributed by atoms with Crippen LogP contribution in [-0.4, -0.2) is 0 Å². The second-order valence-electron chi connectivity index (χ2n) is 13.1. The average Bonchev–Trinajstić information content (AvgIpc) is 3.43. The highest BCUT2D eigenvalue weighted by Crippen LogP contribution is 2.67. The number of fused-ring (bicyclic) bond motifs is 4. The number of hydrogen-bond acceptors (Lipinski definition) is 0. The third-order valence-electron chi connectivity index (χ3n) is 11.2. The van der Waals surface area contributed by atoms with Gasteiger partial charge in [0.1, 0.15) is 0 Å². The molecule has 0 aliphatic heterocycles. The zero-order chi connectivity index (χ0) is 29.8. The summed E-state index contributed by atoms with van der Waals surface area (Å²) in [7, 11) is 0. The second-order valence-corrected chi connectivity index (χ2v) is 13.1. The Bertz CT molecular complexity index is 2190. The summed E-state index contributed by atoms with van der Waals surface area (Å²) in [5.41, 5.74) is 9.53. The van der Waals surface area contributed by atoms with Crippen molar-refractivity contribution in [2.45, 2.75) is 42.4 Å². The lowest BCUT2D eigenvalue weighted by molar-refractivity contribution is 0.260. The topological polar surface area (TPSA) is 0 Å². The van der Waals surface area contributed by atoms with Gasteiger partial charge in [0.2, 0.25) is 0 Å². The molecule has 0 N–H and O–H groups in total. The van der Waals surface area contributed by atoms with Crippen LogP contribution in [0.15, 0.2) is 164 Å². The maximum atomic E-state index is 2.54. The first-order chi connectivity index (χ1) is 22.3. The molecule has 0 aromatic heterocycles. The summed E-state index contributed by atoms with van der Waals surface area (Å²) in [5, 5.41) is 5.26. The molecule has 0 spiro atoms. The standard InChI is InChI=1S/C45H36/c1-2-21-37(22-3-1)44(42-26-12-19-33-15-6-9-23-39(33)42)31-36-18-8-11-25-41(36)45(44,38-29-28-32-14-4-5-17-35(32)30-38)43-27-13-20-34-16-7-10-24-40(34)43/h1-12,14-19,21-26,28-30,43H,13,20,27,31H2. The number of hydrogen-bond donors (Lipinski definition) is 0. The predicted octanol–water partition coefficient (Wildman–Crippen LogP) is 10.9. The minimum absolute atomic E-state index is 0.298. The summed E-state index contributed by atoms with van der Waals surface area (Å²) in [6, 6.07) is 62.6. The molecule has 45 heavy (non-hydrogen) atoms. The molecule has 0 heteroatoms. The molecule has 2 aliphatic carbocycles. The molecule has 0 nitrogen and oxygen atoms in total. The van der Waals surface area contributed by atoms with Crippen LogP contribution in [-0.2, 0) is 23.7 Å². The second kappa shape index (κ2) is 10.3. The van der Waals surface area contributed by atoms with Crippen molar-refractivity contribution in [2.75, 3.05) is 0 Å². The van der Waals surface area contributed by atoms with Gasteiger partial charge in [-0.15, -0.1) is 0 Å². The van der Waals surface area contributed by atoms with Crippen molar-refractivity contribution in [1.29, 1.82) is 0 Å². The van der Waals surface area contributed by atoms with Crippen LogP contribution < -0.4 is 0 Å². The summed E-state index contributed by atoms with van der Waals surface area (Å²) < 4.78 is 0. The summed E-state index contributed by atoms with van der Waals surface area (Å²) in [5.74, 6) is 0.298. The Hall–Kier alpha value is -4.94. The lowest BCUT2D eigenvalue weighted by Crippen LogP contribution is -2.53. The van der Waals surface area contributed by atoms with E-state index in [0.717, 1.165) is 19.3 Å². The van der Waals surface area contributed by atoms with Gasteiger partial charge in [-0.25, -0.2) is 0 Å². The number of aryl methyl sites for hydroxylation is 1. The molecule has 2 aliphatic rings. The van der Waals surface area contributed by atoms with E-state index in [1.165, 1.54) is 66.9 Å². The highest BCUT2D eigenvalue weighted by Gasteiger charge is 2.64. The smallest absolute Gasteiger partial charge is 0.0414 e. The van der Waals surface area contributed by atoms with Gasteiger partial charge < -0.3 is 0 Å².